The number of hydrogen-bond acceptors (Lipinski definition) is 4. The lowest BCUT2D eigenvalue weighted by Gasteiger charge is -2.14. The first-order valence-corrected chi connectivity index (χ1v) is 8.06. The summed E-state index contributed by atoms with van der Waals surface area (Å²) in [4.78, 5) is 4.22. The van der Waals surface area contributed by atoms with Crippen molar-refractivity contribution < 1.29 is 13.2 Å². The molecule has 0 radical (unpaired) electrons. The van der Waals surface area contributed by atoms with Gasteiger partial charge in [0.15, 0.2) is 0 Å². The Morgan fingerprint density at radius 2 is 2.05 bits per heavy atom. The molecule has 0 spiro atoms. The Labute approximate surface area is 124 Å². The minimum absolute atomic E-state index is 0.0276. The van der Waals surface area contributed by atoms with Crippen LogP contribution in [0.2, 0.25) is 0 Å². The van der Waals surface area contributed by atoms with Crippen LogP contribution in [0.15, 0.2) is 29.4 Å². The summed E-state index contributed by atoms with van der Waals surface area (Å²) in [7, 11) is -1.92. The number of nitrogens with zero attached hydrogens (tertiary/aromatic N) is 2. The molecule has 2 N–H and O–H groups in total. The summed E-state index contributed by atoms with van der Waals surface area (Å²) < 4.78 is 30.9. The molecule has 0 fully saturated rings. The Hall–Kier alpha value is -1.86. The van der Waals surface area contributed by atoms with Crippen LogP contribution < -0.4 is 9.88 Å². The van der Waals surface area contributed by atoms with Crippen LogP contribution in [-0.2, 0) is 23.5 Å². The predicted molar refractivity (Wildman–Crippen MR) is 79.7 cm³/mol. The summed E-state index contributed by atoms with van der Waals surface area (Å²) in [5, 5.41) is 5.26. The second-order valence-electron chi connectivity index (χ2n) is 5.01. The third-order valence-electron chi connectivity index (χ3n) is 3.18. The number of aryl methyl sites for hydroxylation is 3. The van der Waals surface area contributed by atoms with E-state index in [1.165, 1.54) is 6.07 Å². The van der Waals surface area contributed by atoms with E-state index in [2.05, 4.69) is 4.98 Å². The van der Waals surface area contributed by atoms with E-state index in [0.29, 0.717) is 18.8 Å². The Morgan fingerprint density at radius 1 is 1.33 bits per heavy atom. The average molecular weight is 309 g/mol. The van der Waals surface area contributed by atoms with Crippen molar-refractivity contribution >= 4 is 10.0 Å². The highest BCUT2D eigenvalue weighted by Gasteiger charge is 2.18. The van der Waals surface area contributed by atoms with Gasteiger partial charge in [-0.05, 0) is 31.0 Å². The van der Waals surface area contributed by atoms with Crippen LogP contribution in [0.4, 0.5) is 0 Å². The van der Waals surface area contributed by atoms with Gasteiger partial charge in [0.25, 0.3) is 0 Å². The summed E-state index contributed by atoms with van der Waals surface area (Å²) in [6.07, 6.45) is 4.14. The van der Waals surface area contributed by atoms with Gasteiger partial charge in [0, 0.05) is 25.9 Å². The van der Waals surface area contributed by atoms with Crippen LogP contribution in [-0.4, -0.2) is 24.6 Å². The van der Waals surface area contributed by atoms with E-state index in [9.17, 15) is 8.42 Å². The van der Waals surface area contributed by atoms with Gasteiger partial charge in [-0.2, -0.15) is 0 Å². The zero-order valence-corrected chi connectivity index (χ0v) is 13.1. The topological polar surface area (TPSA) is 87.2 Å². The second-order valence-corrected chi connectivity index (χ2v) is 6.54. The van der Waals surface area contributed by atoms with Crippen LogP contribution >= 0.6 is 0 Å². The van der Waals surface area contributed by atoms with Crippen LogP contribution in [0.25, 0.3) is 0 Å². The van der Waals surface area contributed by atoms with Gasteiger partial charge in [-0.3, -0.25) is 0 Å². The van der Waals surface area contributed by atoms with Crippen LogP contribution in [0.3, 0.4) is 0 Å². The fraction of sp³-hybridized carbons (Fsp3) is 0.357. The molecule has 1 aromatic heterocycles. The number of imidazole rings is 1. The van der Waals surface area contributed by atoms with Gasteiger partial charge in [-0.15, -0.1) is 0 Å². The van der Waals surface area contributed by atoms with E-state index in [-0.39, 0.29) is 4.90 Å². The van der Waals surface area contributed by atoms with E-state index >= 15 is 0 Å². The highest BCUT2D eigenvalue weighted by Crippen LogP contribution is 2.28. The normalized spacial score (nSPS) is 11.6. The first kappa shape index (κ1) is 15.5. The molecule has 0 unspecified atom stereocenters. The van der Waals surface area contributed by atoms with Gasteiger partial charge in [-0.25, -0.2) is 18.5 Å². The molecule has 0 saturated heterocycles. The number of ether oxygens (including phenoxy) is 1. The molecule has 2 aromatic rings. The molecule has 0 aliphatic heterocycles. The zero-order valence-electron chi connectivity index (χ0n) is 12.3. The first-order chi connectivity index (χ1) is 9.79. The molecular formula is C14H19N3O3S. The van der Waals surface area contributed by atoms with E-state index in [4.69, 9.17) is 9.88 Å². The Morgan fingerprint density at radius 3 is 2.62 bits per heavy atom. The molecular weight excluding hydrogens is 290 g/mol. The molecule has 7 heteroatoms. The molecule has 0 saturated carbocycles. The number of primary sulfonamides is 1. The molecule has 2 rings (SSSR count). The van der Waals surface area contributed by atoms with Crippen molar-refractivity contribution in [3.05, 3.63) is 41.5 Å². The number of rotatable bonds is 5. The SMILES string of the molecule is Cc1cc(C)c(OCCc2nccn2C)c(S(N)(=O)=O)c1. The highest BCUT2D eigenvalue weighted by atomic mass is 32.2. The zero-order chi connectivity index (χ0) is 15.6. The molecule has 1 aromatic carbocycles. The standard InChI is InChI=1S/C14H19N3O3S/c1-10-8-11(2)14(12(9-10)21(15,18)19)20-7-4-13-16-5-6-17(13)3/h5-6,8-9H,4,7H2,1-3H3,(H2,15,18,19). The van der Waals surface area contributed by atoms with Crippen molar-refractivity contribution in [3.63, 3.8) is 0 Å². The quantitative estimate of drug-likeness (QED) is 0.902. The molecule has 0 amide bonds. The van der Waals surface area contributed by atoms with Gasteiger partial charge in [0.05, 0.1) is 6.61 Å². The van der Waals surface area contributed by atoms with Crippen molar-refractivity contribution in [2.75, 3.05) is 6.61 Å². The molecule has 0 bridgehead atoms. The Balaban J connectivity index is 2.22. The number of benzene rings is 1. The van der Waals surface area contributed by atoms with E-state index in [0.717, 1.165) is 17.0 Å². The number of sulfonamides is 1. The van der Waals surface area contributed by atoms with Crippen LogP contribution in [0.5, 0.6) is 5.75 Å². The number of nitrogens with two attached hydrogens (primary N) is 1. The lowest BCUT2D eigenvalue weighted by atomic mass is 10.1. The number of aromatic nitrogens is 2. The lowest BCUT2D eigenvalue weighted by molar-refractivity contribution is 0.307. The van der Waals surface area contributed by atoms with Crippen LogP contribution in [0, 0.1) is 13.8 Å². The molecule has 6 nitrogen and oxygen atoms in total. The maximum atomic E-state index is 11.7. The van der Waals surface area contributed by atoms with Gasteiger partial charge in [0.1, 0.15) is 16.5 Å². The third-order valence-corrected chi connectivity index (χ3v) is 4.10. The minimum atomic E-state index is -3.82. The summed E-state index contributed by atoms with van der Waals surface area (Å²) in [5.74, 6) is 1.19. The molecule has 0 aliphatic rings. The van der Waals surface area contributed by atoms with Gasteiger partial charge >= 0.3 is 0 Å². The predicted octanol–water partition coefficient (Wildman–Crippen LogP) is 1.31. The number of hydrogen-bond donors (Lipinski definition) is 1. The van der Waals surface area contributed by atoms with Crippen molar-refractivity contribution in [1.29, 1.82) is 0 Å². The first-order valence-electron chi connectivity index (χ1n) is 6.52. The Bertz CT molecular complexity index is 751. The Kier molecular flexibility index (Phi) is 4.34. The maximum Gasteiger partial charge on any atom is 0.241 e. The van der Waals surface area contributed by atoms with Crippen molar-refractivity contribution in [1.82, 2.24) is 9.55 Å². The van der Waals surface area contributed by atoms with Gasteiger partial charge < -0.3 is 9.30 Å². The van der Waals surface area contributed by atoms with Gasteiger partial charge in [0.2, 0.25) is 10.0 Å². The van der Waals surface area contributed by atoms with Crippen molar-refractivity contribution in [2.24, 2.45) is 12.2 Å². The summed E-state index contributed by atoms with van der Waals surface area (Å²) in [5.41, 5.74) is 1.58. The van der Waals surface area contributed by atoms with Gasteiger partial charge in [-0.1, -0.05) is 6.07 Å². The smallest absolute Gasteiger partial charge is 0.241 e. The highest BCUT2D eigenvalue weighted by molar-refractivity contribution is 7.89. The largest absolute Gasteiger partial charge is 0.491 e. The summed E-state index contributed by atoms with van der Waals surface area (Å²) >= 11 is 0. The maximum absolute atomic E-state index is 11.7. The summed E-state index contributed by atoms with van der Waals surface area (Å²) in [6.45, 7) is 3.95. The van der Waals surface area contributed by atoms with E-state index in [1.54, 1.807) is 13.1 Å². The third kappa shape index (κ3) is 3.62. The fourth-order valence-corrected chi connectivity index (χ4v) is 3.02. The van der Waals surface area contributed by atoms with Crippen molar-refractivity contribution in [2.45, 2.75) is 25.2 Å². The fourth-order valence-electron chi connectivity index (χ4n) is 2.19. The molecule has 0 atom stereocenters. The van der Waals surface area contributed by atoms with Crippen molar-refractivity contribution in [3.8, 4) is 5.75 Å². The second kappa shape index (κ2) is 5.87. The average Bonchev–Trinajstić information content (AvgIpc) is 2.76. The molecule has 114 valence electrons. The van der Waals surface area contributed by atoms with Crippen LogP contribution in [0.1, 0.15) is 17.0 Å². The molecule has 21 heavy (non-hydrogen) atoms. The summed E-state index contributed by atoms with van der Waals surface area (Å²) in [6, 6.07) is 3.39. The lowest BCUT2D eigenvalue weighted by Crippen LogP contribution is -2.16. The van der Waals surface area contributed by atoms with E-state index in [1.807, 2.05) is 30.8 Å². The van der Waals surface area contributed by atoms with E-state index < -0.39 is 10.0 Å². The minimum Gasteiger partial charge on any atom is -0.491 e. The molecule has 1 heterocycles. The molecule has 0 aliphatic carbocycles. The monoisotopic (exact) mass is 309 g/mol.